The minimum Gasteiger partial charge on any atom is -0.491 e. The van der Waals surface area contributed by atoms with Crippen molar-refractivity contribution in [1.29, 1.82) is 0 Å². The maximum absolute atomic E-state index is 12.0. The minimum absolute atomic E-state index is 0.00331. The summed E-state index contributed by atoms with van der Waals surface area (Å²) in [6.45, 7) is 0. The maximum atomic E-state index is 12.0. The summed E-state index contributed by atoms with van der Waals surface area (Å²) in [5.74, 6) is -0.709. The summed E-state index contributed by atoms with van der Waals surface area (Å²) in [5.41, 5.74) is -0.616. The molecular formula is C8H7BrF3NO3. The summed E-state index contributed by atoms with van der Waals surface area (Å²) in [7, 11) is 1.19. The van der Waals surface area contributed by atoms with Gasteiger partial charge in [0.15, 0.2) is 11.5 Å². The van der Waals surface area contributed by atoms with Crippen LogP contribution >= 0.6 is 15.9 Å². The first kappa shape index (κ1) is 12.9. The second kappa shape index (κ2) is 4.77. The number of hydrogen-bond acceptors (Lipinski definition) is 3. The molecule has 1 rings (SSSR count). The number of H-pyrrole nitrogens is 1. The molecule has 0 aliphatic heterocycles. The highest BCUT2D eigenvalue weighted by Gasteiger charge is 2.33. The van der Waals surface area contributed by atoms with E-state index in [-0.39, 0.29) is 16.6 Å². The molecule has 4 nitrogen and oxygen atoms in total. The van der Waals surface area contributed by atoms with Gasteiger partial charge in [0.1, 0.15) is 0 Å². The van der Waals surface area contributed by atoms with Gasteiger partial charge in [0.2, 0.25) is 0 Å². The number of hydrogen-bond donors (Lipinski definition) is 1. The number of ether oxygens (including phenoxy) is 2. The molecule has 0 radical (unpaired) electrons. The number of alkyl halides is 4. The third kappa shape index (κ3) is 2.91. The van der Waals surface area contributed by atoms with Gasteiger partial charge in [0, 0.05) is 11.5 Å². The van der Waals surface area contributed by atoms with Gasteiger partial charge in [-0.3, -0.25) is 4.79 Å². The van der Waals surface area contributed by atoms with Crippen LogP contribution < -0.4 is 15.0 Å². The Labute approximate surface area is 96.5 Å². The monoisotopic (exact) mass is 301 g/mol. The molecule has 1 heterocycles. The Balaban J connectivity index is 3.25. The zero-order valence-corrected chi connectivity index (χ0v) is 9.61. The highest BCUT2D eigenvalue weighted by molar-refractivity contribution is 9.08. The van der Waals surface area contributed by atoms with E-state index in [4.69, 9.17) is 4.74 Å². The number of pyridine rings is 1. The first-order valence-corrected chi connectivity index (χ1v) is 5.11. The summed E-state index contributed by atoms with van der Waals surface area (Å²) in [6, 6.07) is 0. The van der Waals surface area contributed by atoms with Crippen molar-refractivity contribution in [2.45, 2.75) is 11.7 Å². The second-order valence-electron chi connectivity index (χ2n) is 2.68. The molecule has 0 bridgehead atoms. The van der Waals surface area contributed by atoms with Gasteiger partial charge in [0.25, 0.3) is 5.56 Å². The van der Waals surface area contributed by atoms with Crippen molar-refractivity contribution in [3.05, 3.63) is 22.1 Å². The fraction of sp³-hybridized carbons (Fsp3) is 0.375. The first-order valence-electron chi connectivity index (χ1n) is 3.99. The molecule has 8 heteroatoms. The third-order valence-corrected chi connectivity index (χ3v) is 2.24. The van der Waals surface area contributed by atoms with Gasteiger partial charge in [0.05, 0.1) is 12.7 Å². The smallest absolute Gasteiger partial charge is 0.491 e. The number of rotatable bonds is 3. The van der Waals surface area contributed by atoms with E-state index in [1.54, 1.807) is 0 Å². The Morgan fingerprint density at radius 1 is 1.50 bits per heavy atom. The highest BCUT2D eigenvalue weighted by Crippen LogP contribution is 2.30. The van der Waals surface area contributed by atoms with Gasteiger partial charge >= 0.3 is 6.36 Å². The van der Waals surface area contributed by atoms with Crippen LogP contribution in [0, 0.1) is 0 Å². The standard InChI is InChI=1S/C8H7BrF3NO3/c1-15-6-4(2-9)5(3-13-7(6)14)16-8(10,11)12/h3H,2H2,1H3,(H,13,14). The number of aromatic amines is 1. The number of aromatic nitrogens is 1. The topological polar surface area (TPSA) is 51.3 Å². The van der Waals surface area contributed by atoms with E-state index < -0.39 is 17.7 Å². The lowest BCUT2D eigenvalue weighted by Gasteiger charge is -2.13. The summed E-state index contributed by atoms with van der Waals surface area (Å²) in [6.07, 6.45) is -3.98. The Hall–Kier alpha value is -1.18. The lowest BCUT2D eigenvalue weighted by atomic mass is 10.2. The molecule has 0 spiro atoms. The lowest BCUT2D eigenvalue weighted by Crippen LogP contribution is -2.20. The molecule has 16 heavy (non-hydrogen) atoms. The molecule has 90 valence electrons. The van der Waals surface area contributed by atoms with E-state index in [2.05, 4.69) is 25.7 Å². The maximum Gasteiger partial charge on any atom is 0.573 e. The van der Waals surface area contributed by atoms with Crippen molar-refractivity contribution in [3.8, 4) is 11.5 Å². The highest BCUT2D eigenvalue weighted by atomic mass is 79.9. The van der Waals surface area contributed by atoms with Crippen molar-refractivity contribution in [2.75, 3.05) is 7.11 Å². The van der Waals surface area contributed by atoms with Crippen LogP contribution in [0.4, 0.5) is 13.2 Å². The molecule has 0 amide bonds. The third-order valence-electron chi connectivity index (χ3n) is 1.68. The molecule has 1 aromatic rings. The van der Waals surface area contributed by atoms with E-state index in [9.17, 15) is 18.0 Å². The molecule has 0 unspecified atom stereocenters. The predicted molar refractivity (Wildman–Crippen MR) is 52.9 cm³/mol. The summed E-state index contributed by atoms with van der Waals surface area (Å²) in [4.78, 5) is 13.3. The molecule has 0 fully saturated rings. The van der Waals surface area contributed by atoms with Crippen LogP contribution in [0.5, 0.6) is 11.5 Å². The van der Waals surface area contributed by atoms with Crippen LogP contribution in [-0.2, 0) is 5.33 Å². The van der Waals surface area contributed by atoms with Gasteiger partial charge in [-0.15, -0.1) is 13.2 Å². The molecule has 0 aliphatic rings. The first-order chi connectivity index (χ1) is 7.39. The van der Waals surface area contributed by atoms with E-state index in [0.717, 1.165) is 6.20 Å². The fourth-order valence-electron chi connectivity index (χ4n) is 1.09. The van der Waals surface area contributed by atoms with Crippen LogP contribution in [0.25, 0.3) is 0 Å². The van der Waals surface area contributed by atoms with Crippen molar-refractivity contribution < 1.29 is 22.6 Å². The second-order valence-corrected chi connectivity index (χ2v) is 3.24. The molecule has 0 atom stereocenters. The van der Waals surface area contributed by atoms with Gasteiger partial charge in [-0.25, -0.2) is 0 Å². The zero-order chi connectivity index (χ0) is 12.3. The minimum atomic E-state index is -4.82. The summed E-state index contributed by atoms with van der Waals surface area (Å²) in [5, 5.41) is 0.00546. The SMILES string of the molecule is COc1c(CBr)c(OC(F)(F)F)c[nH]c1=O. The largest absolute Gasteiger partial charge is 0.573 e. The molecule has 0 saturated carbocycles. The van der Waals surface area contributed by atoms with Crippen LogP contribution in [0.3, 0.4) is 0 Å². The number of halogens is 4. The van der Waals surface area contributed by atoms with E-state index >= 15 is 0 Å². The normalized spacial score (nSPS) is 11.3. The van der Waals surface area contributed by atoms with E-state index in [1.165, 1.54) is 7.11 Å². The van der Waals surface area contributed by atoms with Crippen LogP contribution in [-0.4, -0.2) is 18.5 Å². The van der Waals surface area contributed by atoms with Gasteiger partial charge in [-0.05, 0) is 0 Å². The summed E-state index contributed by atoms with van der Waals surface area (Å²) < 4.78 is 44.5. The van der Waals surface area contributed by atoms with Crippen LogP contribution in [0.15, 0.2) is 11.0 Å². The Morgan fingerprint density at radius 3 is 2.56 bits per heavy atom. The molecular weight excluding hydrogens is 295 g/mol. The zero-order valence-electron chi connectivity index (χ0n) is 8.02. The summed E-state index contributed by atoms with van der Waals surface area (Å²) >= 11 is 2.96. The average Bonchev–Trinajstić information content (AvgIpc) is 2.18. The van der Waals surface area contributed by atoms with Crippen LogP contribution in [0.2, 0.25) is 0 Å². The molecule has 0 saturated heterocycles. The average molecular weight is 302 g/mol. The van der Waals surface area contributed by atoms with Gasteiger partial charge in [-0.2, -0.15) is 0 Å². The molecule has 1 aromatic heterocycles. The molecule has 0 aromatic carbocycles. The predicted octanol–water partition coefficient (Wildman–Crippen LogP) is 2.18. The van der Waals surface area contributed by atoms with Crippen molar-refractivity contribution in [1.82, 2.24) is 4.98 Å². The number of methoxy groups -OCH3 is 1. The molecule has 1 N–H and O–H groups in total. The Kier molecular flexibility index (Phi) is 3.84. The lowest BCUT2D eigenvalue weighted by molar-refractivity contribution is -0.275. The van der Waals surface area contributed by atoms with E-state index in [1.807, 2.05) is 0 Å². The number of nitrogens with one attached hydrogen (secondary N) is 1. The fourth-order valence-corrected chi connectivity index (χ4v) is 1.62. The molecule has 0 aliphatic carbocycles. The van der Waals surface area contributed by atoms with Crippen molar-refractivity contribution >= 4 is 15.9 Å². The Morgan fingerprint density at radius 2 is 2.12 bits per heavy atom. The quantitative estimate of drug-likeness (QED) is 0.871. The van der Waals surface area contributed by atoms with Crippen molar-refractivity contribution in [3.63, 3.8) is 0 Å². The van der Waals surface area contributed by atoms with Crippen molar-refractivity contribution in [2.24, 2.45) is 0 Å². The van der Waals surface area contributed by atoms with Crippen LogP contribution in [0.1, 0.15) is 5.56 Å². The van der Waals surface area contributed by atoms with Gasteiger partial charge < -0.3 is 14.5 Å². The van der Waals surface area contributed by atoms with E-state index in [0.29, 0.717) is 0 Å². The van der Waals surface area contributed by atoms with Gasteiger partial charge in [-0.1, -0.05) is 15.9 Å². The Bertz CT molecular complexity index is 430.